The number of hydrogen-bond acceptors (Lipinski definition) is 4. The molecule has 3 N–H and O–H groups in total. The number of piperidine rings is 1. The van der Waals surface area contributed by atoms with Crippen LogP contribution in [0.4, 0.5) is 27.6 Å². The van der Waals surface area contributed by atoms with Gasteiger partial charge in [0, 0.05) is 24.3 Å². The van der Waals surface area contributed by atoms with E-state index in [1.54, 1.807) is 17.0 Å². The van der Waals surface area contributed by atoms with Gasteiger partial charge in [-0.3, -0.25) is 19.4 Å². The van der Waals surface area contributed by atoms with Crippen LogP contribution >= 0.6 is 0 Å². The molecule has 2 aliphatic heterocycles. The van der Waals surface area contributed by atoms with Gasteiger partial charge in [-0.15, -0.1) is 0 Å². The minimum Gasteiger partial charge on any atom is -0.369 e. The van der Waals surface area contributed by atoms with Crippen LogP contribution in [-0.4, -0.2) is 60.8 Å². The zero-order valence-electron chi connectivity index (χ0n) is 21.7. The fraction of sp³-hybridized carbons (Fsp3) is 0.500. The Hall–Kier alpha value is -3.05. The first-order valence-electron chi connectivity index (χ1n) is 13.0. The van der Waals surface area contributed by atoms with Gasteiger partial charge in [0.2, 0.25) is 5.91 Å². The van der Waals surface area contributed by atoms with Gasteiger partial charge in [0.05, 0.1) is 18.7 Å². The fourth-order valence-corrected chi connectivity index (χ4v) is 5.68. The monoisotopic (exact) mass is 552 g/mol. The second kappa shape index (κ2) is 12.0. The van der Waals surface area contributed by atoms with Crippen LogP contribution in [0, 0.1) is 5.92 Å². The maximum absolute atomic E-state index is 14.0. The number of alkyl halides is 5. The molecule has 4 rings (SSSR count). The fourth-order valence-electron chi connectivity index (χ4n) is 5.68. The highest BCUT2D eigenvalue weighted by atomic mass is 19.4. The van der Waals surface area contributed by atoms with Crippen molar-refractivity contribution in [2.24, 2.45) is 11.7 Å². The van der Waals surface area contributed by atoms with E-state index in [1.807, 2.05) is 17.9 Å². The van der Waals surface area contributed by atoms with Crippen LogP contribution < -0.4 is 11.1 Å². The lowest BCUT2D eigenvalue weighted by molar-refractivity contribution is -0.138. The number of fused-ring (bicyclic) bond motifs is 1. The van der Waals surface area contributed by atoms with Crippen molar-refractivity contribution in [2.75, 3.05) is 38.0 Å². The van der Waals surface area contributed by atoms with Crippen LogP contribution in [-0.2, 0) is 23.9 Å². The maximum Gasteiger partial charge on any atom is 0.416 e. The molecule has 0 aromatic heterocycles. The van der Waals surface area contributed by atoms with Crippen molar-refractivity contribution in [3.05, 3.63) is 64.2 Å². The zero-order chi connectivity index (χ0) is 28.3. The summed E-state index contributed by atoms with van der Waals surface area (Å²) in [5, 5.41) is 2.58. The van der Waals surface area contributed by atoms with E-state index in [9.17, 15) is 31.5 Å². The van der Waals surface area contributed by atoms with Gasteiger partial charge in [-0.25, -0.2) is 8.78 Å². The Morgan fingerprint density at radius 3 is 2.44 bits per heavy atom. The molecule has 1 saturated heterocycles. The van der Waals surface area contributed by atoms with Crippen molar-refractivity contribution in [3.8, 4) is 0 Å². The van der Waals surface area contributed by atoms with E-state index >= 15 is 0 Å². The summed E-state index contributed by atoms with van der Waals surface area (Å²) in [6.07, 6.45) is -5.75. The quantitative estimate of drug-likeness (QED) is 0.458. The lowest BCUT2D eigenvalue weighted by Gasteiger charge is -2.32. The Morgan fingerprint density at radius 1 is 1.08 bits per heavy atom. The van der Waals surface area contributed by atoms with E-state index in [2.05, 4.69) is 5.32 Å². The van der Waals surface area contributed by atoms with Gasteiger partial charge < -0.3 is 11.1 Å². The summed E-state index contributed by atoms with van der Waals surface area (Å²) in [4.78, 5) is 27.9. The topological polar surface area (TPSA) is 78.7 Å². The van der Waals surface area contributed by atoms with E-state index in [1.165, 1.54) is 12.1 Å². The number of nitrogens with two attached hydrogens (primary N) is 1. The Kier molecular flexibility index (Phi) is 8.90. The first-order valence-corrected chi connectivity index (χ1v) is 13.0. The number of nitrogens with zero attached hydrogens (tertiary/aromatic N) is 2. The molecule has 6 nitrogen and oxygen atoms in total. The molecule has 39 heavy (non-hydrogen) atoms. The summed E-state index contributed by atoms with van der Waals surface area (Å²) in [6.45, 7) is 3.76. The standard InChI is InChI=1S/C28H33F5N4O2/c1-17-13-37(16-26(34)38)14-21-11-20(3-5-23(17)21)27(39)35-22-4-2-19(24(12-22)28(31,32)33)10-18-6-8-36(9-7-18)15-25(29)30/h2-5,11-12,17-18,25H,6-10,13-16H2,1H3,(H2,34,38)(H,35,39)/t17-/m0/s1. The molecular formula is C28H33F5N4O2. The predicted molar refractivity (Wildman–Crippen MR) is 138 cm³/mol. The number of benzene rings is 2. The Balaban J connectivity index is 1.46. The summed E-state index contributed by atoms with van der Waals surface area (Å²) >= 11 is 0. The van der Waals surface area contributed by atoms with Gasteiger partial charge >= 0.3 is 6.18 Å². The molecule has 1 atom stereocenters. The minimum atomic E-state index is -4.61. The van der Waals surface area contributed by atoms with Gasteiger partial charge in [0.1, 0.15) is 0 Å². The third kappa shape index (κ3) is 7.54. The number of rotatable bonds is 8. The normalized spacial score (nSPS) is 19.2. The van der Waals surface area contributed by atoms with Crippen molar-refractivity contribution in [1.82, 2.24) is 9.80 Å². The number of carbonyl (C=O) groups excluding carboxylic acids is 2. The van der Waals surface area contributed by atoms with Crippen molar-refractivity contribution in [3.63, 3.8) is 0 Å². The summed E-state index contributed by atoms with van der Waals surface area (Å²) in [7, 11) is 0. The zero-order valence-corrected chi connectivity index (χ0v) is 21.7. The molecule has 11 heteroatoms. The molecular weight excluding hydrogens is 519 g/mol. The minimum absolute atomic E-state index is 0.0317. The van der Waals surface area contributed by atoms with E-state index in [0.717, 1.165) is 17.2 Å². The van der Waals surface area contributed by atoms with Crippen LogP contribution in [0.25, 0.3) is 0 Å². The van der Waals surface area contributed by atoms with Crippen LogP contribution in [0.2, 0.25) is 0 Å². The van der Waals surface area contributed by atoms with E-state index in [0.29, 0.717) is 44.6 Å². The van der Waals surface area contributed by atoms with Gasteiger partial charge in [-0.2, -0.15) is 13.2 Å². The number of carbonyl (C=O) groups is 2. The number of hydrogen-bond donors (Lipinski definition) is 2. The summed E-state index contributed by atoms with van der Waals surface area (Å²) in [5.41, 5.74) is 6.90. The van der Waals surface area contributed by atoms with Crippen molar-refractivity contribution in [1.29, 1.82) is 0 Å². The average Bonchev–Trinajstić information content (AvgIpc) is 2.84. The molecule has 2 aromatic carbocycles. The third-order valence-corrected chi connectivity index (χ3v) is 7.53. The van der Waals surface area contributed by atoms with E-state index in [4.69, 9.17) is 5.73 Å². The van der Waals surface area contributed by atoms with E-state index in [-0.39, 0.29) is 42.6 Å². The number of halogens is 5. The van der Waals surface area contributed by atoms with Crippen molar-refractivity contribution >= 4 is 17.5 Å². The molecule has 0 saturated carbocycles. The Morgan fingerprint density at radius 2 is 1.79 bits per heavy atom. The molecule has 2 aromatic rings. The first-order chi connectivity index (χ1) is 18.4. The number of likely N-dealkylation sites (tertiary alicyclic amines) is 1. The molecule has 0 radical (unpaired) electrons. The highest BCUT2D eigenvalue weighted by Gasteiger charge is 2.35. The summed E-state index contributed by atoms with van der Waals surface area (Å²) < 4.78 is 67.1. The Bertz CT molecular complexity index is 1190. The van der Waals surface area contributed by atoms with Crippen molar-refractivity contribution < 1.29 is 31.5 Å². The van der Waals surface area contributed by atoms with Crippen LogP contribution in [0.5, 0.6) is 0 Å². The summed E-state index contributed by atoms with van der Waals surface area (Å²) in [5.74, 6) is -0.887. The number of nitrogens with one attached hydrogen (secondary N) is 1. The lowest BCUT2D eigenvalue weighted by atomic mass is 9.88. The SMILES string of the molecule is C[C@H]1CN(CC(N)=O)Cc2cc(C(=O)Nc3ccc(CC4CCN(CC(F)F)CC4)c(C(F)(F)F)c3)ccc21. The largest absolute Gasteiger partial charge is 0.416 e. The number of amides is 2. The van der Waals surface area contributed by atoms with Gasteiger partial charge in [0.25, 0.3) is 12.3 Å². The smallest absolute Gasteiger partial charge is 0.369 e. The second-order valence-corrected chi connectivity index (χ2v) is 10.6. The van der Waals surface area contributed by atoms with Gasteiger partial charge in [-0.05, 0) is 85.1 Å². The molecule has 2 aliphatic rings. The van der Waals surface area contributed by atoms with Gasteiger partial charge in [-0.1, -0.05) is 19.1 Å². The highest BCUT2D eigenvalue weighted by Crippen LogP contribution is 2.36. The van der Waals surface area contributed by atoms with Crippen LogP contribution in [0.3, 0.4) is 0 Å². The molecule has 0 spiro atoms. The second-order valence-electron chi connectivity index (χ2n) is 10.6. The first kappa shape index (κ1) is 28.9. The van der Waals surface area contributed by atoms with Crippen molar-refractivity contribution in [2.45, 2.75) is 51.3 Å². The van der Waals surface area contributed by atoms with Crippen LogP contribution in [0.15, 0.2) is 36.4 Å². The molecule has 2 amide bonds. The van der Waals surface area contributed by atoms with Gasteiger partial charge in [0.15, 0.2) is 0 Å². The maximum atomic E-state index is 14.0. The third-order valence-electron chi connectivity index (χ3n) is 7.53. The predicted octanol–water partition coefficient (Wildman–Crippen LogP) is 4.88. The molecule has 0 bridgehead atoms. The Labute approximate surface area is 224 Å². The number of anilines is 1. The highest BCUT2D eigenvalue weighted by molar-refractivity contribution is 6.04. The summed E-state index contributed by atoms with van der Waals surface area (Å²) in [6, 6.07) is 8.99. The molecule has 2 heterocycles. The molecule has 1 fully saturated rings. The number of primary amides is 1. The lowest BCUT2D eigenvalue weighted by Crippen LogP contribution is -2.38. The average molecular weight is 553 g/mol. The molecule has 0 unspecified atom stereocenters. The van der Waals surface area contributed by atoms with Crippen LogP contribution in [0.1, 0.15) is 58.3 Å². The van der Waals surface area contributed by atoms with E-state index < -0.39 is 30.0 Å². The molecule has 212 valence electrons. The molecule has 0 aliphatic carbocycles.